The van der Waals surface area contributed by atoms with Gasteiger partial charge < -0.3 is 10.3 Å². The molecular formula is C12H14ClN3. The fourth-order valence-corrected chi connectivity index (χ4v) is 1.87. The molecule has 0 saturated carbocycles. The number of benzene rings is 1. The second kappa shape index (κ2) is 4.58. The van der Waals surface area contributed by atoms with E-state index in [1.807, 2.05) is 22.9 Å². The number of imidazole rings is 1. The van der Waals surface area contributed by atoms with Crippen molar-refractivity contribution in [3.05, 3.63) is 41.4 Å². The first-order valence-electron chi connectivity index (χ1n) is 5.30. The predicted octanol–water partition coefficient (Wildman–Crippen LogP) is 3.06. The third kappa shape index (κ3) is 1.91. The van der Waals surface area contributed by atoms with Crippen LogP contribution in [0.4, 0.5) is 5.69 Å². The van der Waals surface area contributed by atoms with Crippen LogP contribution in [0.3, 0.4) is 0 Å². The zero-order valence-electron chi connectivity index (χ0n) is 9.15. The van der Waals surface area contributed by atoms with E-state index < -0.39 is 0 Å². The van der Waals surface area contributed by atoms with Crippen LogP contribution in [0.15, 0.2) is 30.6 Å². The Balaban J connectivity index is 2.50. The lowest BCUT2D eigenvalue weighted by molar-refractivity contribution is 0.810. The molecule has 3 nitrogen and oxygen atoms in total. The maximum Gasteiger partial charge on any atom is 0.113 e. The van der Waals surface area contributed by atoms with E-state index in [2.05, 4.69) is 11.9 Å². The molecule has 1 aromatic carbocycles. The molecule has 2 rings (SSSR count). The van der Waals surface area contributed by atoms with Crippen molar-refractivity contribution in [2.75, 3.05) is 5.73 Å². The molecule has 0 fully saturated rings. The summed E-state index contributed by atoms with van der Waals surface area (Å²) in [6.45, 7) is 2.13. The minimum absolute atomic E-state index is 0.577. The summed E-state index contributed by atoms with van der Waals surface area (Å²) in [6.07, 6.45) is 5.68. The number of nitrogen functional groups attached to an aromatic ring is 1. The van der Waals surface area contributed by atoms with E-state index in [-0.39, 0.29) is 0 Å². The Morgan fingerprint density at radius 3 is 3.00 bits per heavy atom. The smallest absolute Gasteiger partial charge is 0.113 e. The molecule has 0 radical (unpaired) electrons. The van der Waals surface area contributed by atoms with Crippen molar-refractivity contribution < 1.29 is 0 Å². The summed E-state index contributed by atoms with van der Waals surface area (Å²) in [4.78, 5) is 4.32. The van der Waals surface area contributed by atoms with Gasteiger partial charge in [0, 0.05) is 18.8 Å². The zero-order chi connectivity index (χ0) is 11.5. The molecule has 2 N–H and O–H groups in total. The number of nitrogens with zero attached hydrogens (tertiary/aromatic N) is 2. The number of aryl methyl sites for hydroxylation is 1. The molecule has 84 valence electrons. The molecule has 16 heavy (non-hydrogen) atoms. The molecule has 1 heterocycles. The minimum Gasteiger partial charge on any atom is -0.396 e. The lowest BCUT2D eigenvalue weighted by Gasteiger charge is -2.10. The summed E-state index contributed by atoms with van der Waals surface area (Å²) in [6, 6.07) is 5.63. The van der Waals surface area contributed by atoms with Gasteiger partial charge in [0.25, 0.3) is 0 Å². The summed E-state index contributed by atoms with van der Waals surface area (Å²) in [5.41, 5.74) is 7.45. The number of aromatic nitrogens is 2. The molecule has 0 spiro atoms. The molecule has 0 saturated heterocycles. The molecule has 0 amide bonds. The summed E-state index contributed by atoms with van der Waals surface area (Å²) < 4.78 is 1.99. The van der Waals surface area contributed by atoms with E-state index in [0.29, 0.717) is 10.7 Å². The van der Waals surface area contributed by atoms with Gasteiger partial charge in [0.15, 0.2) is 0 Å². The van der Waals surface area contributed by atoms with Gasteiger partial charge in [-0.1, -0.05) is 24.6 Å². The second-order valence-corrected chi connectivity index (χ2v) is 4.04. The summed E-state index contributed by atoms with van der Waals surface area (Å²) in [7, 11) is 0. The molecule has 0 unspecified atom stereocenters. The molecule has 0 atom stereocenters. The Morgan fingerprint density at radius 1 is 1.44 bits per heavy atom. The lowest BCUT2D eigenvalue weighted by atomic mass is 10.2. The second-order valence-electron chi connectivity index (χ2n) is 3.64. The molecule has 0 aliphatic rings. The van der Waals surface area contributed by atoms with E-state index in [4.69, 9.17) is 17.3 Å². The fraction of sp³-hybridized carbons (Fsp3) is 0.250. The zero-order valence-corrected chi connectivity index (χ0v) is 9.91. The van der Waals surface area contributed by atoms with Crippen LogP contribution in [-0.2, 0) is 6.42 Å². The molecule has 1 aromatic heterocycles. The van der Waals surface area contributed by atoms with Gasteiger partial charge in [0.1, 0.15) is 5.82 Å². The predicted molar refractivity (Wildman–Crippen MR) is 67.0 cm³/mol. The first-order valence-corrected chi connectivity index (χ1v) is 5.68. The van der Waals surface area contributed by atoms with Crippen LogP contribution in [0.1, 0.15) is 19.2 Å². The average Bonchev–Trinajstić information content (AvgIpc) is 2.71. The molecule has 0 aliphatic carbocycles. The van der Waals surface area contributed by atoms with E-state index >= 15 is 0 Å². The van der Waals surface area contributed by atoms with Crippen molar-refractivity contribution >= 4 is 17.3 Å². The highest BCUT2D eigenvalue weighted by Crippen LogP contribution is 2.26. The van der Waals surface area contributed by atoms with Gasteiger partial charge in [-0.15, -0.1) is 0 Å². The number of nitrogens with two attached hydrogens (primary N) is 1. The van der Waals surface area contributed by atoms with Gasteiger partial charge in [0.05, 0.1) is 16.4 Å². The van der Waals surface area contributed by atoms with E-state index in [1.54, 1.807) is 12.3 Å². The van der Waals surface area contributed by atoms with Crippen LogP contribution in [0.2, 0.25) is 5.02 Å². The number of hydrogen-bond acceptors (Lipinski definition) is 2. The van der Waals surface area contributed by atoms with Gasteiger partial charge in [-0.25, -0.2) is 4.98 Å². The summed E-state index contributed by atoms with van der Waals surface area (Å²) >= 11 is 6.00. The minimum atomic E-state index is 0.577. The largest absolute Gasteiger partial charge is 0.396 e. The highest BCUT2D eigenvalue weighted by atomic mass is 35.5. The maximum atomic E-state index is 6.00. The van der Waals surface area contributed by atoms with Crippen LogP contribution >= 0.6 is 11.6 Å². The van der Waals surface area contributed by atoms with Crippen molar-refractivity contribution in [3.63, 3.8) is 0 Å². The Kier molecular flexibility index (Phi) is 3.15. The third-order valence-corrected chi connectivity index (χ3v) is 2.81. The number of para-hydroxylation sites is 1. The number of anilines is 1. The average molecular weight is 236 g/mol. The number of hydrogen-bond donors (Lipinski definition) is 1. The van der Waals surface area contributed by atoms with Gasteiger partial charge >= 0.3 is 0 Å². The Morgan fingerprint density at radius 2 is 2.25 bits per heavy atom. The van der Waals surface area contributed by atoms with Gasteiger partial charge in [-0.2, -0.15) is 0 Å². The Bertz CT molecular complexity index is 491. The molecule has 4 heteroatoms. The van der Waals surface area contributed by atoms with Crippen LogP contribution in [-0.4, -0.2) is 9.55 Å². The van der Waals surface area contributed by atoms with Crippen LogP contribution < -0.4 is 5.73 Å². The van der Waals surface area contributed by atoms with Crippen LogP contribution in [0.25, 0.3) is 5.69 Å². The standard InChI is InChI=1S/C12H14ClN3/c1-2-4-11-15-7-8-16(11)10-6-3-5-9(13)12(10)14/h3,5-8H,2,4,14H2,1H3. The van der Waals surface area contributed by atoms with E-state index in [1.165, 1.54) is 0 Å². The van der Waals surface area contributed by atoms with Crippen LogP contribution in [0.5, 0.6) is 0 Å². The Labute approximate surface area is 99.9 Å². The molecular weight excluding hydrogens is 222 g/mol. The molecule has 0 bridgehead atoms. The van der Waals surface area contributed by atoms with Gasteiger partial charge in [-0.05, 0) is 18.6 Å². The fourth-order valence-electron chi connectivity index (χ4n) is 1.70. The third-order valence-electron chi connectivity index (χ3n) is 2.48. The van der Waals surface area contributed by atoms with Crippen molar-refractivity contribution in [3.8, 4) is 5.69 Å². The SMILES string of the molecule is CCCc1nccn1-c1cccc(Cl)c1N. The maximum absolute atomic E-state index is 6.00. The quantitative estimate of drug-likeness (QED) is 0.831. The van der Waals surface area contributed by atoms with Crippen LogP contribution in [0, 0.1) is 0 Å². The highest BCUT2D eigenvalue weighted by molar-refractivity contribution is 6.33. The van der Waals surface area contributed by atoms with Gasteiger partial charge in [0.2, 0.25) is 0 Å². The van der Waals surface area contributed by atoms with Crippen molar-refractivity contribution in [2.24, 2.45) is 0 Å². The molecule has 2 aromatic rings. The normalized spacial score (nSPS) is 10.6. The van der Waals surface area contributed by atoms with Crippen molar-refractivity contribution in [1.29, 1.82) is 0 Å². The number of rotatable bonds is 3. The number of halogens is 1. The first kappa shape index (κ1) is 11.0. The molecule has 0 aliphatic heterocycles. The highest BCUT2D eigenvalue weighted by Gasteiger charge is 2.08. The van der Waals surface area contributed by atoms with Crippen molar-refractivity contribution in [2.45, 2.75) is 19.8 Å². The lowest BCUT2D eigenvalue weighted by Crippen LogP contribution is -2.03. The van der Waals surface area contributed by atoms with E-state index in [9.17, 15) is 0 Å². The Hall–Kier alpha value is -1.48. The summed E-state index contributed by atoms with van der Waals surface area (Å²) in [5, 5.41) is 0.577. The summed E-state index contributed by atoms with van der Waals surface area (Å²) in [5.74, 6) is 1.01. The first-order chi connectivity index (χ1) is 7.74. The monoisotopic (exact) mass is 235 g/mol. The van der Waals surface area contributed by atoms with Crippen molar-refractivity contribution in [1.82, 2.24) is 9.55 Å². The van der Waals surface area contributed by atoms with E-state index in [0.717, 1.165) is 24.4 Å². The topological polar surface area (TPSA) is 43.8 Å². The van der Waals surface area contributed by atoms with Gasteiger partial charge in [-0.3, -0.25) is 0 Å².